The molecule has 17 heavy (non-hydrogen) atoms. The summed E-state index contributed by atoms with van der Waals surface area (Å²) in [6.07, 6.45) is -1.98. The minimum absolute atomic E-state index is 0.160. The molecule has 0 aromatic heterocycles. The molecule has 1 aromatic carbocycles. The van der Waals surface area contributed by atoms with Crippen LogP contribution in [0, 0.1) is 23.3 Å². The van der Waals surface area contributed by atoms with Crippen LogP contribution >= 0.6 is 0 Å². The summed E-state index contributed by atoms with van der Waals surface area (Å²) in [6, 6.07) is -0.160. The normalized spacial score (nSPS) is 11.6. The Balaban J connectivity index is 3.28. The average molecular weight is 258 g/mol. The maximum absolute atomic E-state index is 12.9. The molecular formula is C9H4F6O2. The van der Waals surface area contributed by atoms with Gasteiger partial charge in [-0.1, -0.05) is 0 Å². The monoisotopic (exact) mass is 258 g/mol. The van der Waals surface area contributed by atoms with Crippen molar-refractivity contribution in [3.8, 4) is 0 Å². The summed E-state index contributed by atoms with van der Waals surface area (Å²) >= 11 is 0. The Morgan fingerprint density at radius 1 is 1.12 bits per heavy atom. The lowest BCUT2D eigenvalue weighted by molar-refractivity contribution is -0.164. The van der Waals surface area contributed by atoms with Crippen molar-refractivity contribution < 1.29 is 36.2 Å². The molecule has 0 spiro atoms. The molecule has 1 rings (SSSR count). The van der Waals surface area contributed by atoms with Gasteiger partial charge >= 0.3 is 11.9 Å². The maximum Gasteiger partial charge on any atom is 0.374 e. The number of hydrogen-bond donors (Lipinski definition) is 1. The van der Waals surface area contributed by atoms with Crippen molar-refractivity contribution in [2.24, 2.45) is 0 Å². The number of aliphatic carboxylic acids is 1. The van der Waals surface area contributed by atoms with Gasteiger partial charge in [-0.05, 0) is 0 Å². The number of hydrogen-bond acceptors (Lipinski definition) is 1. The van der Waals surface area contributed by atoms with E-state index in [0.717, 1.165) is 0 Å². The first-order valence-corrected chi connectivity index (χ1v) is 4.10. The van der Waals surface area contributed by atoms with Gasteiger partial charge in [-0.25, -0.2) is 22.4 Å². The van der Waals surface area contributed by atoms with Crippen LogP contribution in [-0.4, -0.2) is 17.0 Å². The molecule has 1 N–H and O–H groups in total. The highest BCUT2D eigenvalue weighted by molar-refractivity contribution is 5.75. The third kappa shape index (κ3) is 2.51. The van der Waals surface area contributed by atoms with Gasteiger partial charge < -0.3 is 5.11 Å². The number of carboxylic acids is 1. The Hall–Kier alpha value is -1.73. The van der Waals surface area contributed by atoms with Crippen LogP contribution in [-0.2, 0) is 11.2 Å². The highest BCUT2D eigenvalue weighted by atomic mass is 19.3. The molecule has 0 amide bonds. The molecule has 0 aliphatic heterocycles. The Bertz CT molecular complexity index is 445. The first-order chi connectivity index (χ1) is 7.66. The van der Waals surface area contributed by atoms with Crippen molar-refractivity contribution >= 4 is 5.97 Å². The molecule has 0 bridgehead atoms. The Kier molecular flexibility index (Phi) is 3.35. The fourth-order valence-corrected chi connectivity index (χ4v) is 1.08. The predicted molar refractivity (Wildman–Crippen MR) is 42.6 cm³/mol. The van der Waals surface area contributed by atoms with Gasteiger partial charge in [-0.15, -0.1) is 0 Å². The van der Waals surface area contributed by atoms with Gasteiger partial charge in [-0.3, -0.25) is 0 Å². The molecule has 0 saturated heterocycles. The third-order valence-electron chi connectivity index (χ3n) is 1.91. The SMILES string of the molecule is O=C(O)C(F)(F)Cc1c(F)c(F)cc(F)c1F. The molecule has 0 atom stereocenters. The molecule has 0 radical (unpaired) electrons. The van der Waals surface area contributed by atoms with Crippen LogP contribution in [0.1, 0.15) is 5.56 Å². The second kappa shape index (κ2) is 4.27. The third-order valence-corrected chi connectivity index (χ3v) is 1.91. The van der Waals surface area contributed by atoms with Gasteiger partial charge in [0.1, 0.15) is 0 Å². The largest absolute Gasteiger partial charge is 0.477 e. The van der Waals surface area contributed by atoms with Crippen LogP contribution in [0.3, 0.4) is 0 Å². The zero-order valence-corrected chi connectivity index (χ0v) is 7.91. The van der Waals surface area contributed by atoms with Crippen LogP contribution in [0.25, 0.3) is 0 Å². The molecule has 0 fully saturated rings. The molecule has 8 heteroatoms. The first kappa shape index (κ1) is 13.3. The van der Waals surface area contributed by atoms with E-state index in [1.54, 1.807) is 0 Å². The molecule has 0 aliphatic carbocycles. The molecule has 0 saturated carbocycles. The van der Waals surface area contributed by atoms with E-state index in [-0.39, 0.29) is 6.07 Å². The van der Waals surface area contributed by atoms with Crippen LogP contribution < -0.4 is 0 Å². The Morgan fingerprint density at radius 2 is 1.53 bits per heavy atom. The van der Waals surface area contributed by atoms with Crippen LogP contribution in [0.15, 0.2) is 6.07 Å². The van der Waals surface area contributed by atoms with Gasteiger partial charge in [0.25, 0.3) is 0 Å². The van der Waals surface area contributed by atoms with Gasteiger partial charge in [0.05, 0.1) is 6.42 Å². The maximum atomic E-state index is 12.9. The highest BCUT2D eigenvalue weighted by Gasteiger charge is 2.41. The average Bonchev–Trinajstić information content (AvgIpc) is 2.21. The second-order valence-electron chi connectivity index (χ2n) is 3.13. The summed E-state index contributed by atoms with van der Waals surface area (Å²) in [5.74, 6) is -15.0. The summed E-state index contributed by atoms with van der Waals surface area (Å²) in [5, 5.41) is 8.04. The van der Waals surface area contributed by atoms with E-state index in [4.69, 9.17) is 5.11 Å². The molecule has 1 aromatic rings. The number of carbonyl (C=O) groups is 1. The van der Waals surface area contributed by atoms with Crippen molar-refractivity contribution in [1.82, 2.24) is 0 Å². The number of carboxylic acid groups (broad SMARTS) is 1. The van der Waals surface area contributed by atoms with Crippen LogP contribution in [0.5, 0.6) is 0 Å². The Labute approximate surface area is 90.5 Å². The Morgan fingerprint density at radius 3 is 1.88 bits per heavy atom. The van der Waals surface area contributed by atoms with Crippen molar-refractivity contribution in [3.63, 3.8) is 0 Å². The summed E-state index contributed by atoms with van der Waals surface area (Å²) in [5.41, 5.74) is -1.64. The molecule has 94 valence electrons. The standard InChI is InChI=1S/C9H4F6O2/c10-4-1-5(11)7(13)3(6(4)12)2-9(14,15)8(16)17/h1H,2H2,(H,16,17). The topological polar surface area (TPSA) is 37.3 Å². The highest BCUT2D eigenvalue weighted by Crippen LogP contribution is 2.26. The first-order valence-electron chi connectivity index (χ1n) is 4.10. The zero-order valence-electron chi connectivity index (χ0n) is 7.91. The lowest BCUT2D eigenvalue weighted by Crippen LogP contribution is -2.31. The molecule has 2 nitrogen and oxygen atoms in total. The van der Waals surface area contributed by atoms with Gasteiger partial charge in [-0.2, -0.15) is 8.78 Å². The summed E-state index contributed by atoms with van der Waals surface area (Å²) in [6.45, 7) is 0. The number of benzene rings is 1. The number of rotatable bonds is 3. The molecule has 0 aliphatic rings. The summed E-state index contributed by atoms with van der Waals surface area (Å²) in [7, 11) is 0. The minimum atomic E-state index is -4.53. The summed E-state index contributed by atoms with van der Waals surface area (Å²) < 4.78 is 76.5. The molecule has 0 unspecified atom stereocenters. The second-order valence-corrected chi connectivity index (χ2v) is 3.13. The van der Waals surface area contributed by atoms with E-state index < -0.39 is 47.1 Å². The molecular weight excluding hydrogens is 254 g/mol. The summed E-state index contributed by atoms with van der Waals surface area (Å²) in [4.78, 5) is 10.0. The minimum Gasteiger partial charge on any atom is -0.477 e. The lowest BCUT2D eigenvalue weighted by Gasteiger charge is -2.12. The fraction of sp³-hybridized carbons (Fsp3) is 0.222. The van der Waals surface area contributed by atoms with Crippen LogP contribution in [0.4, 0.5) is 26.3 Å². The molecule has 0 heterocycles. The van der Waals surface area contributed by atoms with Crippen molar-refractivity contribution in [1.29, 1.82) is 0 Å². The van der Waals surface area contributed by atoms with E-state index in [0.29, 0.717) is 0 Å². The van der Waals surface area contributed by atoms with Crippen molar-refractivity contribution in [2.75, 3.05) is 0 Å². The van der Waals surface area contributed by atoms with Crippen molar-refractivity contribution in [3.05, 3.63) is 34.9 Å². The van der Waals surface area contributed by atoms with E-state index in [1.165, 1.54) is 0 Å². The predicted octanol–water partition coefficient (Wildman–Crippen LogP) is 2.51. The van der Waals surface area contributed by atoms with Crippen LogP contribution in [0.2, 0.25) is 0 Å². The van der Waals surface area contributed by atoms with E-state index in [2.05, 4.69) is 0 Å². The number of halogens is 6. The quantitative estimate of drug-likeness (QED) is 0.668. The zero-order chi connectivity index (χ0) is 13.4. The van der Waals surface area contributed by atoms with E-state index in [9.17, 15) is 31.1 Å². The number of alkyl halides is 2. The van der Waals surface area contributed by atoms with Gasteiger partial charge in [0.2, 0.25) is 0 Å². The van der Waals surface area contributed by atoms with Gasteiger partial charge in [0, 0.05) is 11.6 Å². The smallest absolute Gasteiger partial charge is 0.374 e. The van der Waals surface area contributed by atoms with E-state index >= 15 is 0 Å². The van der Waals surface area contributed by atoms with E-state index in [1.807, 2.05) is 0 Å². The fourth-order valence-electron chi connectivity index (χ4n) is 1.08. The van der Waals surface area contributed by atoms with Crippen molar-refractivity contribution in [2.45, 2.75) is 12.3 Å². The van der Waals surface area contributed by atoms with Gasteiger partial charge in [0.15, 0.2) is 23.3 Å². The lowest BCUT2D eigenvalue weighted by atomic mass is 10.1.